The Morgan fingerprint density at radius 1 is 1.21 bits per heavy atom. The summed E-state index contributed by atoms with van der Waals surface area (Å²) in [5.74, 6) is -1.02. The first-order valence-corrected chi connectivity index (χ1v) is 10.4. The number of aliphatic hydroxyl groups is 3. The van der Waals surface area contributed by atoms with Crippen molar-refractivity contribution in [2.45, 2.75) is 56.5 Å². The van der Waals surface area contributed by atoms with Crippen LogP contribution in [-0.4, -0.2) is 79.0 Å². The molecule has 3 aliphatic rings. The summed E-state index contributed by atoms with van der Waals surface area (Å²) in [4.78, 5) is 35.0. The van der Waals surface area contributed by atoms with Crippen molar-refractivity contribution < 1.29 is 39.5 Å². The van der Waals surface area contributed by atoms with E-state index in [1.54, 1.807) is 25.3 Å². The Morgan fingerprint density at radius 2 is 1.97 bits per heavy atom. The Balaban J connectivity index is 1.53. The number of aryl methyl sites for hydroxylation is 1. The maximum absolute atomic E-state index is 12.8. The molecule has 0 unspecified atom stereocenters. The Morgan fingerprint density at radius 3 is 2.67 bits per heavy atom. The van der Waals surface area contributed by atoms with E-state index in [2.05, 4.69) is 15.3 Å². The largest absolute Gasteiger partial charge is 0.479 e. The van der Waals surface area contributed by atoms with Crippen LogP contribution in [0.25, 0.3) is 0 Å². The fourth-order valence-corrected chi connectivity index (χ4v) is 4.01. The van der Waals surface area contributed by atoms with Gasteiger partial charge in [-0.05, 0) is 37.5 Å². The van der Waals surface area contributed by atoms with Crippen LogP contribution in [0.15, 0.2) is 24.4 Å². The lowest BCUT2D eigenvalue weighted by Crippen LogP contribution is -2.61. The number of amides is 1. The molecule has 174 valence electrons. The summed E-state index contributed by atoms with van der Waals surface area (Å²) in [7, 11) is 0. The van der Waals surface area contributed by atoms with Crippen LogP contribution in [0.4, 0.5) is 17.3 Å². The molecule has 12 heteroatoms. The molecule has 2 aromatic rings. The van der Waals surface area contributed by atoms with Gasteiger partial charge in [0.1, 0.15) is 24.1 Å². The van der Waals surface area contributed by atoms with E-state index < -0.39 is 36.7 Å². The number of hydrogen-bond acceptors (Lipinski definition) is 10. The van der Waals surface area contributed by atoms with Crippen molar-refractivity contribution in [1.29, 1.82) is 0 Å². The third-order valence-electron chi connectivity index (χ3n) is 5.86. The molecule has 0 aromatic carbocycles. The molecule has 1 aliphatic carbocycles. The Labute approximate surface area is 187 Å². The van der Waals surface area contributed by atoms with E-state index in [0.29, 0.717) is 28.5 Å². The lowest BCUT2D eigenvalue weighted by Gasteiger charge is -2.38. The summed E-state index contributed by atoms with van der Waals surface area (Å²) in [6.45, 7) is 1.74. The number of fused-ring (bicyclic) bond motifs is 2. The molecule has 1 amide bonds. The topological polar surface area (TPSA) is 175 Å². The number of anilines is 3. The fraction of sp³-hybridized carbons (Fsp3) is 0.429. The minimum Gasteiger partial charge on any atom is -0.479 e. The molecule has 1 saturated heterocycles. The highest BCUT2D eigenvalue weighted by Gasteiger charge is 2.48. The van der Waals surface area contributed by atoms with Crippen LogP contribution in [0, 0.1) is 6.92 Å². The maximum atomic E-state index is 12.8. The number of aromatic nitrogens is 2. The van der Waals surface area contributed by atoms with E-state index in [4.69, 9.17) is 9.47 Å². The smallest absolute Gasteiger partial charge is 0.335 e. The van der Waals surface area contributed by atoms with Crippen LogP contribution in [0.3, 0.4) is 0 Å². The molecule has 0 spiro atoms. The van der Waals surface area contributed by atoms with Gasteiger partial charge in [0.15, 0.2) is 11.9 Å². The second-order valence-corrected chi connectivity index (χ2v) is 8.26. The first kappa shape index (κ1) is 21.5. The number of rotatable bonds is 4. The number of nitrogens with zero attached hydrogens (tertiary/aromatic N) is 3. The number of carboxylic acids is 1. The van der Waals surface area contributed by atoms with Gasteiger partial charge in [-0.3, -0.25) is 4.79 Å². The normalized spacial score (nSPS) is 28.9. The van der Waals surface area contributed by atoms with Crippen molar-refractivity contribution in [1.82, 2.24) is 9.97 Å². The molecule has 5 atom stereocenters. The van der Waals surface area contributed by atoms with E-state index in [1.807, 2.05) is 4.90 Å². The number of carboxylic acid groups (broad SMARTS) is 1. The summed E-state index contributed by atoms with van der Waals surface area (Å²) in [6, 6.07) is 4.93. The molecular formula is C21H22N4O8. The predicted octanol–water partition coefficient (Wildman–Crippen LogP) is -0.0778. The number of nitrogens with one attached hydrogen (secondary N) is 1. The average molecular weight is 458 g/mol. The number of ether oxygens (including phenoxy) is 2. The van der Waals surface area contributed by atoms with Crippen molar-refractivity contribution in [2.24, 2.45) is 0 Å². The first-order chi connectivity index (χ1) is 15.8. The molecule has 2 fully saturated rings. The van der Waals surface area contributed by atoms with Gasteiger partial charge in [0.25, 0.3) is 5.91 Å². The van der Waals surface area contributed by atoms with Gasteiger partial charge in [0, 0.05) is 18.3 Å². The van der Waals surface area contributed by atoms with Crippen LogP contribution in [0.2, 0.25) is 0 Å². The first-order valence-electron chi connectivity index (χ1n) is 10.4. The standard InChI is InChI=1S/C21H22N4O8/c1-8-7-11(32-21-15(28)13(26)14(27)16(33-21)20(30)31)23-18-12(8)24-19(29)10-3-2-6-22-17(10)25(18)9-4-5-9/h2-3,6-7,9,13-16,21,26-28H,4-5H2,1H3,(H,24,29)(H,30,31)/t13-,14-,15+,16-,21+/m0/s1. The van der Waals surface area contributed by atoms with Crippen LogP contribution in [0.1, 0.15) is 28.8 Å². The van der Waals surface area contributed by atoms with Gasteiger partial charge < -0.3 is 40.1 Å². The average Bonchev–Trinajstić information content (AvgIpc) is 3.62. The van der Waals surface area contributed by atoms with Gasteiger partial charge in [-0.1, -0.05) is 0 Å². The van der Waals surface area contributed by atoms with Crippen molar-refractivity contribution >= 4 is 29.2 Å². The van der Waals surface area contributed by atoms with Crippen LogP contribution >= 0.6 is 0 Å². The van der Waals surface area contributed by atoms with Gasteiger partial charge in [-0.15, -0.1) is 0 Å². The number of carbonyl (C=O) groups excluding carboxylic acids is 1. The predicted molar refractivity (Wildman–Crippen MR) is 111 cm³/mol. The van der Waals surface area contributed by atoms with Crippen molar-refractivity contribution in [3.8, 4) is 5.88 Å². The lowest BCUT2D eigenvalue weighted by molar-refractivity contribution is -0.271. The Hall–Kier alpha value is -3.32. The zero-order valence-electron chi connectivity index (χ0n) is 17.5. The quantitative estimate of drug-likeness (QED) is 0.414. The molecular weight excluding hydrogens is 436 g/mol. The maximum Gasteiger partial charge on any atom is 0.335 e. The number of carbonyl (C=O) groups is 2. The van der Waals surface area contributed by atoms with E-state index >= 15 is 0 Å². The zero-order valence-corrected chi connectivity index (χ0v) is 17.5. The van der Waals surface area contributed by atoms with Crippen LogP contribution in [0.5, 0.6) is 5.88 Å². The number of aliphatic hydroxyl groups excluding tert-OH is 3. The SMILES string of the molecule is Cc1cc(O[C@@H]2O[C@H](C(=O)O)[C@@H](O)[C@H](O)[C@H]2O)nc2c1NC(=O)c1cccnc1N2C1CC1. The summed E-state index contributed by atoms with van der Waals surface area (Å²) >= 11 is 0. The minimum absolute atomic E-state index is 0.0256. The second-order valence-electron chi connectivity index (χ2n) is 8.26. The van der Waals surface area contributed by atoms with Gasteiger partial charge in [-0.25, -0.2) is 9.78 Å². The highest BCUT2D eigenvalue weighted by molar-refractivity contribution is 6.12. The van der Waals surface area contributed by atoms with E-state index in [-0.39, 0.29) is 17.8 Å². The van der Waals surface area contributed by atoms with Crippen molar-refractivity contribution in [2.75, 3.05) is 10.2 Å². The molecule has 12 nitrogen and oxygen atoms in total. The molecule has 4 heterocycles. The van der Waals surface area contributed by atoms with E-state index in [9.17, 15) is 30.0 Å². The Kier molecular flexibility index (Phi) is 5.16. The molecule has 5 rings (SSSR count). The molecule has 0 radical (unpaired) electrons. The minimum atomic E-state index is -1.83. The van der Waals surface area contributed by atoms with Crippen molar-refractivity contribution in [3.63, 3.8) is 0 Å². The highest BCUT2D eigenvalue weighted by Crippen LogP contribution is 2.45. The van der Waals surface area contributed by atoms with Crippen LogP contribution < -0.4 is 15.0 Å². The molecule has 2 aliphatic heterocycles. The lowest BCUT2D eigenvalue weighted by atomic mass is 9.99. The number of aliphatic carboxylic acids is 1. The summed E-state index contributed by atoms with van der Waals surface area (Å²) in [6.07, 6.45) is -5.41. The third-order valence-corrected chi connectivity index (χ3v) is 5.86. The molecule has 2 aromatic heterocycles. The summed E-state index contributed by atoms with van der Waals surface area (Å²) in [5, 5.41) is 42.3. The molecule has 33 heavy (non-hydrogen) atoms. The number of hydrogen-bond donors (Lipinski definition) is 5. The van der Waals surface area contributed by atoms with Gasteiger partial charge in [0.2, 0.25) is 12.2 Å². The van der Waals surface area contributed by atoms with E-state index in [0.717, 1.165) is 12.8 Å². The fourth-order valence-electron chi connectivity index (χ4n) is 4.01. The number of pyridine rings is 2. The molecule has 5 N–H and O–H groups in total. The highest BCUT2D eigenvalue weighted by atomic mass is 16.7. The Bertz CT molecular complexity index is 1120. The van der Waals surface area contributed by atoms with Crippen molar-refractivity contribution in [3.05, 3.63) is 35.5 Å². The zero-order chi connectivity index (χ0) is 23.4. The monoisotopic (exact) mass is 458 g/mol. The molecule has 1 saturated carbocycles. The van der Waals surface area contributed by atoms with Gasteiger partial charge in [-0.2, -0.15) is 4.98 Å². The van der Waals surface area contributed by atoms with Gasteiger partial charge in [0.05, 0.1) is 11.3 Å². The van der Waals surface area contributed by atoms with Crippen LogP contribution in [-0.2, 0) is 9.53 Å². The third kappa shape index (κ3) is 3.66. The summed E-state index contributed by atoms with van der Waals surface area (Å²) < 4.78 is 10.8. The second kappa shape index (κ2) is 7.92. The summed E-state index contributed by atoms with van der Waals surface area (Å²) in [5.41, 5.74) is 1.47. The van der Waals surface area contributed by atoms with E-state index in [1.165, 1.54) is 6.07 Å². The molecule has 0 bridgehead atoms. The van der Waals surface area contributed by atoms with Gasteiger partial charge >= 0.3 is 5.97 Å².